The summed E-state index contributed by atoms with van der Waals surface area (Å²) in [6, 6.07) is 8.51. The molecule has 1 aromatic carbocycles. The zero-order valence-corrected chi connectivity index (χ0v) is 19.4. The number of hydrogen-bond acceptors (Lipinski definition) is 4. The molecule has 1 aromatic rings. The molecule has 0 bridgehead atoms. The van der Waals surface area contributed by atoms with Crippen molar-refractivity contribution in [2.45, 2.75) is 45.2 Å². The molecule has 0 aliphatic carbocycles. The molecule has 31 heavy (non-hydrogen) atoms. The van der Waals surface area contributed by atoms with Crippen LogP contribution in [0, 0.1) is 5.92 Å². The van der Waals surface area contributed by atoms with E-state index >= 15 is 0 Å². The standard InChI is InChI=1S/C23H37ClN6O/c1-2-26-23(28-20-9-13-30(14-10-20)17-22(25)31)27-15-18-7-11-29(12-8-18)16-19-5-3-4-6-21(19)24/h3-6,18,20H,2,7-17H2,1H3,(H2,25,31)(H2,26,27,28). The number of amides is 1. The zero-order valence-electron chi connectivity index (χ0n) is 18.7. The van der Waals surface area contributed by atoms with E-state index in [2.05, 4.69) is 39.5 Å². The number of aliphatic imine (C=N–C) groups is 1. The molecule has 2 aliphatic heterocycles. The number of likely N-dealkylation sites (tertiary alicyclic amines) is 2. The van der Waals surface area contributed by atoms with Crippen LogP contribution in [0.1, 0.15) is 38.2 Å². The van der Waals surface area contributed by atoms with E-state index in [0.717, 1.165) is 69.6 Å². The van der Waals surface area contributed by atoms with Gasteiger partial charge in [-0.15, -0.1) is 0 Å². The minimum atomic E-state index is -0.251. The molecule has 4 N–H and O–H groups in total. The molecule has 2 fully saturated rings. The fraction of sp³-hybridized carbons (Fsp3) is 0.652. The number of benzene rings is 1. The third-order valence-corrected chi connectivity index (χ3v) is 6.59. The highest BCUT2D eigenvalue weighted by Crippen LogP contribution is 2.22. The van der Waals surface area contributed by atoms with Gasteiger partial charge in [-0.1, -0.05) is 29.8 Å². The van der Waals surface area contributed by atoms with E-state index in [0.29, 0.717) is 18.5 Å². The first kappa shape index (κ1) is 23.8. The van der Waals surface area contributed by atoms with Gasteiger partial charge in [-0.05, 0) is 63.2 Å². The molecule has 0 unspecified atom stereocenters. The fourth-order valence-electron chi connectivity index (χ4n) is 4.38. The van der Waals surface area contributed by atoms with Crippen molar-refractivity contribution < 1.29 is 4.79 Å². The Bertz CT molecular complexity index is 727. The number of carbonyl (C=O) groups excluding carboxylic acids is 1. The molecule has 2 saturated heterocycles. The predicted octanol–water partition coefficient (Wildman–Crippen LogP) is 2.06. The molecule has 0 aromatic heterocycles. The fourth-order valence-corrected chi connectivity index (χ4v) is 4.58. The molecule has 1 amide bonds. The van der Waals surface area contributed by atoms with Crippen LogP contribution in [0.3, 0.4) is 0 Å². The van der Waals surface area contributed by atoms with Gasteiger partial charge in [0.1, 0.15) is 0 Å². The normalized spacial score (nSPS) is 20.0. The van der Waals surface area contributed by atoms with Crippen molar-refractivity contribution in [1.29, 1.82) is 0 Å². The first-order valence-corrected chi connectivity index (χ1v) is 11.9. The van der Waals surface area contributed by atoms with Gasteiger partial charge in [0.25, 0.3) is 0 Å². The van der Waals surface area contributed by atoms with Gasteiger partial charge in [0, 0.05) is 43.8 Å². The van der Waals surface area contributed by atoms with Crippen molar-refractivity contribution in [3.05, 3.63) is 34.9 Å². The topological polar surface area (TPSA) is 86.0 Å². The lowest BCUT2D eigenvalue weighted by atomic mass is 9.96. The van der Waals surface area contributed by atoms with Gasteiger partial charge in [-0.25, -0.2) is 0 Å². The number of guanidine groups is 1. The maximum atomic E-state index is 11.1. The molecular weight excluding hydrogens is 412 g/mol. The van der Waals surface area contributed by atoms with Gasteiger partial charge in [-0.3, -0.25) is 19.6 Å². The van der Waals surface area contributed by atoms with Crippen molar-refractivity contribution >= 4 is 23.5 Å². The van der Waals surface area contributed by atoms with E-state index in [-0.39, 0.29) is 5.91 Å². The first-order chi connectivity index (χ1) is 15.0. The van der Waals surface area contributed by atoms with Gasteiger partial charge in [0.2, 0.25) is 5.91 Å². The van der Waals surface area contributed by atoms with Gasteiger partial charge in [0.05, 0.1) is 6.54 Å². The predicted molar refractivity (Wildman–Crippen MR) is 127 cm³/mol. The monoisotopic (exact) mass is 448 g/mol. The van der Waals surface area contributed by atoms with Crippen LogP contribution in [0.15, 0.2) is 29.3 Å². The summed E-state index contributed by atoms with van der Waals surface area (Å²) in [6.45, 7) is 9.05. The highest BCUT2D eigenvalue weighted by Gasteiger charge is 2.22. The van der Waals surface area contributed by atoms with Gasteiger partial charge >= 0.3 is 0 Å². The molecule has 3 rings (SSSR count). The summed E-state index contributed by atoms with van der Waals surface area (Å²) in [4.78, 5) is 20.6. The van der Waals surface area contributed by atoms with Crippen LogP contribution >= 0.6 is 11.6 Å². The molecule has 2 heterocycles. The quantitative estimate of drug-likeness (QED) is 0.418. The lowest BCUT2D eigenvalue weighted by Gasteiger charge is -2.33. The number of carbonyl (C=O) groups is 1. The second-order valence-electron chi connectivity index (χ2n) is 8.69. The Morgan fingerprint density at radius 3 is 2.45 bits per heavy atom. The molecule has 0 saturated carbocycles. The maximum Gasteiger partial charge on any atom is 0.231 e. The minimum Gasteiger partial charge on any atom is -0.369 e. The number of halogens is 1. The Hall–Kier alpha value is -1.83. The molecule has 0 spiro atoms. The van der Waals surface area contributed by atoms with Gasteiger partial charge < -0.3 is 16.4 Å². The van der Waals surface area contributed by atoms with Crippen molar-refractivity contribution in [1.82, 2.24) is 20.4 Å². The molecule has 172 valence electrons. The van der Waals surface area contributed by atoms with E-state index in [9.17, 15) is 4.79 Å². The highest BCUT2D eigenvalue weighted by atomic mass is 35.5. The third-order valence-electron chi connectivity index (χ3n) is 6.22. The lowest BCUT2D eigenvalue weighted by Crippen LogP contribution is -2.50. The largest absolute Gasteiger partial charge is 0.369 e. The van der Waals surface area contributed by atoms with Gasteiger partial charge in [0.15, 0.2) is 5.96 Å². The number of nitrogens with zero attached hydrogens (tertiary/aromatic N) is 3. The second-order valence-corrected chi connectivity index (χ2v) is 9.10. The van der Waals surface area contributed by atoms with Crippen LogP contribution in [-0.4, -0.2) is 73.5 Å². The summed E-state index contributed by atoms with van der Waals surface area (Å²) in [5, 5.41) is 7.83. The van der Waals surface area contributed by atoms with Crippen LogP contribution in [0.25, 0.3) is 0 Å². The van der Waals surface area contributed by atoms with Crippen LogP contribution in [0.5, 0.6) is 0 Å². The summed E-state index contributed by atoms with van der Waals surface area (Å²) in [5.41, 5.74) is 6.52. The number of nitrogens with one attached hydrogen (secondary N) is 2. The molecule has 7 nitrogen and oxygen atoms in total. The number of hydrogen-bond donors (Lipinski definition) is 3. The van der Waals surface area contributed by atoms with Crippen LogP contribution < -0.4 is 16.4 Å². The molecule has 2 aliphatic rings. The Morgan fingerprint density at radius 2 is 1.81 bits per heavy atom. The van der Waals surface area contributed by atoms with Gasteiger partial charge in [-0.2, -0.15) is 0 Å². The summed E-state index contributed by atoms with van der Waals surface area (Å²) in [6.07, 6.45) is 4.33. The SMILES string of the molecule is CCNC(=NCC1CCN(Cc2ccccc2Cl)CC1)NC1CCN(CC(N)=O)CC1. The third kappa shape index (κ3) is 7.98. The summed E-state index contributed by atoms with van der Waals surface area (Å²) in [5.74, 6) is 1.28. The first-order valence-electron chi connectivity index (χ1n) is 11.5. The summed E-state index contributed by atoms with van der Waals surface area (Å²) >= 11 is 6.31. The Labute approximate surface area is 191 Å². The van der Waals surface area contributed by atoms with E-state index in [4.69, 9.17) is 22.3 Å². The minimum absolute atomic E-state index is 0.251. The van der Waals surface area contributed by atoms with Crippen LogP contribution in [0.2, 0.25) is 5.02 Å². The number of piperidine rings is 2. The number of primary amides is 1. The Morgan fingerprint density at radius 1 is 1.13 bits per heavy atom. The smallest absolute Gasteiger partial charge is 0.231 e. The molecule has 0 atom stereocenters. The highest BCUT2D eigenvalue weighted by molar-refractivity contribution is 6.31. The summed E-state index contributed by atoms with van der Waals surface area (Å²) < 4.78 is 0. The van der Waals surface area contributed by atoms with Crippen molar-refractivity contribution in [3.8, 4) is 0 Å². The zero-order chi connectivity index (χ0) is 22.1. The van der Waals surface area contributed by atoms with E-state index < -0.39 is 0 Å². The van der Waals surface area contributed by atoms with Crippen molar-refractivity contribution in [2.75, 3.05) is 45.8 Å². The maximum absolute atomic E-state index is 11.1. The molecule has 0 radical (unpaired) electrons. The lowest BCUT2D eigenvalue weighted by molar-refractivity contribution is -0.119. The van der Waals surface area contributed by atoms with E-state index in [1.165, 1.54) is 18.4 Å². The van der Waals surface area contributed by atoms with Crippen molar-refractivity contribution in [3.63, 3.8) is 0 Å². The average molecular weight is 449 g/mol. The molecular formula is C23H37ClN6O. The molecule has 8 heteroatoms. The number of rotatable bonds is 8. The van der Waals surface area contributed by atoms with Crippen LogP contribution in [0.4, 0.5) is 0 Å². The van der Waals surface area contributed by atoms with Crippen molar-refractivity contribution in [2.24, 2.45) is 16.6 Å². The van der Waals surface area contributed by atoms with Crippen LogP contribution in [-0.2, 0) is 11.3 Å². The van der Waals surface area contributed by atoms with E-state index in [1.807, 2.05) is 12.1 Å². The average Bonchev–Trinajstić information content (AvgIpc) is 2.76. The summed E-state index contributed by atoms with van der Waals surface area (Å²) in [7, 11) is 0. The second kappa shape index (κ2) is 12.3. The Balaban J connectivity index is 1.41. The Kier molecular flexibility index (Phi) is 9.43. The van der Waals surface area contributed by atoms with E-state index in [1.54, 1.807) is 0 Å². The number of nitrogens with two attached hydrogens (primary N) is 1.